The maximum atomic E-state index is 12.4. The number of anilines is 1. The number of nitrogens with one attached hydrogen (secondary N) is 2. The van der Waals surface area contributed by atoms with Gasteiger partial charge in [-0.25, -0.2) is 0 Å². The van der Waals surface area contributed by atoms with Crippen molar-refractivity contribution in [1.29, 1.82) is 0 Å². The molecule has 0 bridgehead atoms. The van der Waals surface area contributed by atoms with Crippen LogP contribution in [0.15, 0.2) is 59.3 Å². The first-order chi connectivity index (χ1) is 11.2. The summed E-state index contributed by atoms with van der Waals surface area (Å²) in [4.78, 5) is 27.6. The average Bonchev–Trinajstić information content (AvgIpc) is 3.29. The lowest BCUT2D eigenvalue weighted by Gasteiger charge is -2.02. The standard InChI is InChI=1S/C18H12N2O3/c21-17(16-4-2-8-23-16)11-5-6-15-13(9-11)14(18(22)20-15)10-12-3-1-7-19-12/h1-10,19H,(H,20,22)/b14-10-. The van der Waals surface area contributed by atoms with Gasteiger partial charge in [0.2, 0.25) is 5.78 Å². The van der Waals surface area contributed by atoms with Crippen molar-refractivity contribution in [1.82, 2.24) is 4.98 Å². The van der Waals surface area contributed by atoms with Gasteiger partial charge in [0.15, 0.2) is 5.76 Å². The Bertz CT molecular complexity index is 919. The number of carbonyl (C=O) groups excluding carboxylic acids is 2. The van der Waals surface area contributed by atoms with E-state index in [0.717, 1.165) is 5.69 Å². The zero-order chi connectivity index (χ0) is 15.8. The van der Waals surface area contributed by atoms with Gasteiger partial charge in [-0.2, -0.15) is 0 Å². The Morgan fingerprint density at radius 1 is 1.13 bits per heavy atom. The van der Waals surface area contributed by atoms with E-state index in [1.54, 1.807) is 42.6 Å². The minimum Gasteiger partial charge on any atom is -0.461 e. The number of fused-ring (bicyclic) bond motifs is 1. The molecule has 3 aromatic rings. The van der Waals surface area contributed by atoms with Crippen molar-refractivity contribution in [3.05, 3.63) is 77.5 Å². The lowest BCUT2D eigenvalue weighted by atomic mass is 10.0. The molecule has 2 N–H and O–H groups in total. The van der Waals surface area contributed by atoms with Crippen LogP contribution in [0.5, 0.6) is 0 Å². The van der Waals surface area contributed by atoms with Crippen LogP contribution < -0.4 is 5.32 Å². The zero-order valence-electron chi connectivity index (χ0n) is 12.0. The summed E-state index contributed by atoms with van der Waals surface area (Å²) >= 11 is 0. The molecule has 0 fully saturated rings. The average molecular weight is 304 g/mol. The lowest BCUT2D eigenvalue weighted by Crippen LogP contribution is -2.03. The highest BCUT2D eigenvalue weighted by Gasteiger charge is 2.26. The Kier molecular flexibility index (Phi) is 2.98. The van der Waals surface area contributed by atoms with Crippen molar-refractivity contribution >= 4 is 29.0 Å². The molecule has 0 spiro atoms. The van der Waals surface area contributed by atoms with E-state index in [0.29, 0.717) is 22.4 Å². The van der Waals surface area contributed by atoms with Crippen LogP contribution in [0, 0.1) is 0 Å². The molecule has 4 rings (SSSR count). The summed E-state index contributed by atoms with van der Waals surface area (Å²) in [6, 6.07) is 12.2. The van der Waals surface area contributed by atoms with E-state index in [1.165, 1.54) is 6.26 Å². The monoisotopic (exact) mass is 304 g/mol. The second kappa shape index (κ2) is 5.14. The minimum atomic E-state index is -0.212. The quantitative estimate of drug-likeness (QED) is 0.575. The van der Waals surface area contributed by atoms with Crippen LogP contribution in [0.2, 0.25) is 0 Å². The van der Waals surface area contributed by atoms with Gasteiger partial charge in [0, 0.05) is 28.7 Å². The molecule has 2 aromatic heterocycles. The summed E-state index contributed by atoms with van der Waals surface area (Å²) in [5.74, 6) is -0.120. The third-order valence-electron chi connectivity index (χ3n) is 3.73. The van der Waals surface area contributed by atoms with E-state index in [4.69, 9.17) is 4.42 Å². The van der Waals surface area contributed by atoms with Crippen LogP contribution in [0.1, 0.15) is 27.4 Å². The lowest BCUT2D eigenvalue weighted by molar-refractivity contribution is -0.110. The molecule has 1 aliphatic rings. The van der Waals surface area contributed by atoms with E-state index in [9.17, 15) is 9.59 Å². The molecule has 0 saturated carbocycles. The molecule has 112 valence electrons. The Hall–Kier alpha value is -3.34. The fourth-order valence-corrected chi connectivity index (χ4v) is 2.61. The summed E-state index contributed by atoms with van der Waals surface area (Å²) < 4.78 is 5.15. The van der Waals surface area contributed by atoms with Crippen LogP contribution in [0.3, 0.4) is 0 Å². The normalized spacial score (nSPS) is 14.8. The number of hydrogen-bond donors (Lipinski definition) is 2. The van der Waals surface area contributed by atoms with Crippen molar-refractivity contribution in [2.24, 2.45) is 0 Å². The topological polar surface area (TPSA) is 75.1 Å². The smallest absolute Gasteiger partial charge is 0.256 e. The van der Waals surface area contributed by atoms with Gasteiger partial charge >= 0.3 is 0 Å². The summed E-state index contributed by atoms with van der Waals surface area (Å²) in [7, 11) is 0. The number of hydrogen-bond acceptors (Lipinski definition) is 3. The van der Waals surface area contributed by atoms with Gasteiger partial charge < -0.3 is 14.7 Å². The highest BCUT2D eigenvalue weighted by molar-refractivity contribution is 6.35. The van der Waals surface area contributed by atoms with Crippen LogP contribution in [0.4, 0.5) is 5.69 Å². The maximum absolute atomic E-state index is 12.4. The predicted octanol–water partition coefficient (Wildman–Crippen LogP) is 3.33. The largest absolute Gasteiger partial charge is 0.461 e. The number of carbonyl (C=O) groups is 2. The van der Waals surface area contributed by atoms with E-state index < -0.39 is 0 Å². The van der Waals surface area contributed by atoms with Gasteiger partial charge in [0.1, 0.15) is 0 Å². The molecule has 0 radical (unpaired) electrons. The molecule has 5 nitrogen and oxygen atoms in total. The molecule has 1 aromatic carbocycles. The molecular formula is C18H12N2O3. The number of rotatable bonds is 3. The Morgan fingerprint density at radius 3 is 2.78 bits per heavy atom. The number of benzene rings is 1. The Labute approximate surface area is 131 Å². The fourth-order valence-electron chi connectivity index (χ4n) is 2.61. The van der Waals surface area contributed by atoms with Crippen LogP contribution in [0.25, 0.3) is 11.6 Å². The number of aromatic nitrogens is 1. The Balaban J connectivity index is 1.78. The van der Waals surface area contributed by atoms with Gasteiger partial charge in [-0.15, -0.1) is 0 Å². The highest BCUT2D eigenvalue weighted by atomic mass is 16.3. The molecule has 0 unspecified atom stereocenters. The van der Waals surface area contributed by atoms with Gasteiger partial charge in [-0.05, 0) is 48.5 Å². The SMILES string of the molecule is O=C1Nc2ccc(C(=O)c3ccco3)cc2/C1=C/c1ccc[nH]1. The zero-order valence-corrected chi connectivity index (χ0v) is 12.0. The molecular weight excluding hydrogens is 292 g/mol. The van der Waals surface area contributed by atoms with Gasteiger partial charge in [-0.1, -0.05) is 0 Å². The first-order valence-electron chi connectivity index (χ1n) is 7.11. The fraction of sp³-hybridized carbons (Fsp3) is 0. The Morgan fingerprint density at radius 2 is 2.04 bits per heavy atom. The number of H-pyrrole nitrogens is 1. The second-order valence-corrected chi connectivity index (χ2v) is 5.20. The summed E-state index contributed by atoms with van der Waals surface area (Å²) in [5, 5.41) is 2.80. The van der Waals surface area contributed by atoms with E-state index >= 15 is 0 Å². The number of ketones is 1. The molecule has 0 aliphatic carbocycles. The van der Waals surface area contributed by atoms with E-state index in [2.05, 4.69) is 10.3 Å². The molecule has 1 aliphatic heterocycles. The predicted molar refractivity (Wildman–Crippen MR) is 85.9 cm³/mol. The maximum Gasteiger partial charge on any atom is 0.256 e. The van der Waals surface area contributed by atoms with Gasteiger partial charge in [0.25, 0.3) is 5.91 Å². The third kappa shape index (κ3) is 2.28. The first kappa shape index (κ1) is 13.3. The van der Waals surface area contributed by atoms with Crippen LogP contribution >= 0.6 is 0 Å². The molecule has 23 heavy (non-hydrogen) atoms. The second-order valence-electron chi connectivity index (χ2n) is 5.20. The van der Waals surface area contributed by atoms with Gasteiger partial charge in [-0.3, -0.25) is 9.59 Å². The van der Waals surface area contributed by atoms with Crippen LogP contribution in [-0.4, -0.2) is 16.7 Å². The van der Waals surface area contributed by atoms with Crippen molar-refractivity contribution in [3.8, 4) is 0 Å². The molecule has 5 heteroatoms. The molecule has 0 saturated heterocycles. The van der Waals surface area contributed by atoms with Crippen molar-refractivity contribution < 1.29 is 14.0 Å². The summed E-state index contributed by atoms with van der Waals surface area (Å²) in [6.45, 7) is 0. The number of amides is 1. The number of furan rings is 1. The van der Waals surface area contributed by atoms with Crippen molar-refractivity contribution in [3.63, 3.8) is 0 Å². The summed E-state index contributed by atoms with van der Waals surface area (Å²) in [6.07, 6.45) is 5.02. The number of aromatic amines is 1. The minimum absolute atomic E-state index is 0.183. The molecule has 0 atom stereocenters. The molecule has 3 heterocycles. The van der Waals surface area contributed by atoms with E-state index in [1.807, 2.05) is 12.1 Å². The van der Waals surface area contributed by atoms with Crippen molar-refractivity contribution in [2.75, 3.05) is 5.32 Å². The highest BCUT2D eigenvalue weighted by Crippen LogP contribution is 2.34. The van der Waals surface area contributed by atoms with E-state index in [-0.39, 0.29) is 17.5 Å². The van der Waals surface area contributed by atoms with Crippen LogP contribution in [-0.2, 0) is 4.79 Å². The summed E-state index contributed by atoms with van der Waals surface area (Å²) in [5.41, 5.74) is 3.24. The first-order valence-corrected chi connectivity index (χ1v) is 7.11. The van der Waals surface area contributed by atoms with Crippen molar-refractivity contribution in [2.45, 2.75) is 0 Å². The molecule has 1 amide bonds. The van der Waals surface area contributed by atoms with Gasteiger partial charge in [0.05, 0.1) is 11.8 Å². The third-order valence-corrected chi connectivity index (χ3v) is 3.73.